The standard InChI is InChI=1S/C35H46N4O3S/c1-23-5-4-6-25(21-23)31-28(13-16-37-14-11-24(12-15-37)33(40)38-17-19-42-20-18-38)29-22-30(43-32(29)36-31)35(2,3)34(41)39-26-7-8-27(39)10-9-26/h4-6,21-22,24,26-27,36H,7-20H2,1-3H3. The smallest absolute Gasteiger partial charge is 0.233 e. The molecule has 8 heteroatoms. The van der Waals surface area contributed by atoms with Gasteiger partial charge in [-0.2, -0.15) is 0 Å². The number of likely N-dealkylation sites (tertiary alicyclic amines) is 1. The Morgan fingerprint density at radius 2 is 1.67 bits per heavy atom. The number of aromatic nitrogens is 1. The molecule has 0 unspecified atom stereocenters. The summed E-state index contributed by atoms with van der Waals surface area (Å²) in [7, 11) is 0. The van der Waals surface area contributed by atoms with Crippen LogP contribution in [0.5, 0.6) is 0 Å². The Balaban J connectivity index is 1.10. The molecule has 2 aromatic heterocycles. The number of nitrogens with zero attached hydrogens (tertiary/aromatic N) is 3. The lowest BCUT2D eigenvalue weighted by atomic mass is 9.88. The average molecular weight is 603 g/mol. The second-order valence-electron chi connectivity index (χ2n) is 13.8. The molecule has 43 heavy (non-hydrogen) atoms. The van der Waals surface area contributed by atoms with E-state index in [1.54, 1.807) is 11.3 Å². The van der Waals surface area contributed by atoms with Gasteiger partial charge in [0.05, 0.1) is 24.3 Å². The highest BCUT2D eigenvalue weighted by atomic mass is 32.1. The minimum atomic E-state index is -0.536. The third-order valence-electron chi connectivity index (χ3n) is 10.7. The number of carbonyl (C=O) groups is 2. The van der Waals surface area contributed by atoms with Gasteiger partial charge in [0.15, 0.2) is 0 Å². The zero-order valence-electron chi connectivity index (χ0n) is 26.0. The molecule has 0 radical (unpaired) electrons. The Morgan fingerprint density at radius 1 is 0.977 bits per heavy atom. The lowest BCUT2D eigenvalue weighted by Gasteiger charge is -2.35. The molecule has 230 valence electrons. The Morgan fingerprint density at radius 3 is 2.35 bits per heavy atom. The molecule has 3 aromatic rings. The van der Waals surface area contributed by atoms with Crippen molar-refractivity contribution in [2.45, 2.75) is 83.2 Å². The van der Waals surface area contributed by atoms with Gasteiger partial charge in [0.2, 0.25) is 11.8 Å². The predicted molar refractivity (Wildman–Crippen MR) is 173 cm³/mol. The van der Waals surface area contributed by atoms with Crippen LogP contribution in [0, 0.1) is 12.8 Å². The monoisotopic (exact) mass is 602 g/mol. The molecule has 4 aliphatic rings. The molecule has 0 spiro atoms. The number of thiophene rings is 1. The summed E-state index contributed by atoms with van der Waals surface area (Å²) in [4.78, 5) is 39.9. The van der Waals surface area contributed by atoms with E-state index in [1.807, 2.05) is 4.90 Å². The zero-order chi connectivity index (χ0) is 29.7. The number of H-pyrrole nitrogens is 1. The lowest BCUT2D eigenvalue weighted by Crippen LogP contribution is -2.47. The number of ether oxygens (including phenoxy) is 1. The number of amides is 2. The van der Waals surface area contributed by atoms with Gasteiger partial charge < -0.3 is 24.4 Å². The summed E-state index contributed by atoms with van der Waals surface area (Å²) in [6, 6.07) is 11.9. The number of carbonyl (C=O) groups excluding carboxylic acids is 2. The number of hydrogen-bond acceptors (Lipinski definition) is 5. The highest BCUT2D eigenvalue weighted by Gasteiger charge is 2.47. The van der Waals surface area contributed by atoms with Crippen LogP contribution in [0.3, 0.4) is 0 Å². The van der Waals surface area contributed by atoms with E-state index in [9.17, 15) is 9.59 Å². The van der Waals surface area contributed by atoms with Crippen LogP contribution in [0.25, 0.3) is 21.5 Å². The van der Waals surface area contributed by atoms with Crippen LogP contribution >= 0.6 is 11.3 Å². The molecule has 6 heterocycles. The van der Waals surface area contributed by atoms with E-state index in [0.717, 1.165) is 56.9 Å². The molecule has 4 saturated heterocycles. The van der Waals surface area contributed by atoms with Gasteiger partial charge in [0.25, 0.3) is 0 Å². The molecule has 7 nitrogen and oxygen atoms in total. The van der Waals surface area contributed by atoms with Crippen LogP contribution in [0.15, 0.2) is 30.3 Å². The molecular weight excluding hydrogens is 556 g/mol. The first-order valence-corrected chi connectivity index (χ1v) is 17.2. The van der Waals surface area contributed by atoms with Crippen molar-refractivity contribution >= 4 is 33.4 Å². The van der Waals surface area contributed by atoms with Gasteiger partial charge in [-0.25, -0.2) is 0 Å². The van der Waals surface area contributed by atoms with Gasteiger partial charge in [-0.3, -0.25) is 9.59 Å². The van der Waals surface area contributed by atoms with Crippen LogP contribution in [-0.2, 0) is 26.2 Å². The van der Waals surface area contributed by atoms with E-state index in [1.165, 1.54) is 58.3 Å². The first-order valence-electron chi connectivity index (χ1n) is 16.4. The van der Waals surface area contributed by atoms with Crippen molar-refractivity contribution in [2.75, 3.05) is 45.9 Å². The van der Waals surface area contributed by atoms with E-state index in [0.29, 0.717) is 37.1 Å². The van der Waals surface area contributed by atoms with Crippen molar-refractivity contribution in [1.29, 1.82) is 0 Å². The number of nitrogens with one attached hydrogen (secondary N) is 1. The second-order valence-corrected chi connectivity index (χ2v) is 14.9. The number of rotatable bonds is 7. The van der Waals surface area contributed by atoms with Crippen molar-refractivity contribution in [3.8, 4) is 11.3 Å². The minimum Gasteiger partial charge on any atom is -0.378 e. The number of hydrogen-bond donors (Lipinski definition) is 1. The maximum absolute atomic E-state index is 13.9. The molecule has 2 bridgehead atoms. The Hall–Kier alpha value is -2.68. The summed E-state index contributed by atoms with van der Waals surface area (Å²) in [6.07, 6.45) is 7.47. The summed E-state index contributed by atoms with van der Waals surface area (Å²) in [6.45, 7) is 12.1. The fourth-order valence-electron chi connectivity index (χ4n) is 8.03. The van der Waals surface area contributed by atoms with Gasteiger partial charge >= 0.3 is 0 Å². The van der Waals surface area contributed by atoms with Gasteiger partial charge in [0, 0.05) is 47.9 Å². The average Bonchev–Trinajstić information content (AvgIpc) is 3.81. The van der Waals surface area contributed by atoms with Crippen LogP contribution in [-0.4, -0.2) is 89.5 Å². The van der Waals surface area contributed by atoms with Gasteiger partial charge in [0.1, 0.15) is 4.83 Å². The number of piperidine rings is 1. The summed E-state index contributed by atoms with van der Waals surface area (Å²) < 4.78 is 5.44. The van der Waals surface area contributed by atoms with Gasteiger partial charge in [-0.15, -0.1) is 11.3 Å². The number of aryl methyl sites for hydroxylation is 1. The Labute approximate surface area is 259 Å². The van der Waals surface area contributed by atoms with Crippen molar-refractivity contribution in [3.63, 3.8) is 0 Å². The van der Waals surface area contributed by atoms with Crippen LogP contribution in [0.4, 0.5) is 0 Å². The number of benzene rings is 1. The summed E-state index contributed by atoms with van der Waals surface area (Å²) >= 11 is 1.76. The molecule has 1 N–H and O–H groups in total. The topological polar surface area (TPSA) is 68.9 Å². The molecule has 0 aliphatic carbocycles. The molecule has 0 saturated carbocycles. The second kappa shape index (κ2) is 11.7. The summed E-state index contributed by atoms with van der Waals surface area (Å²) in [5, 5.41) is 1.26. The van der Waals surface area contributed by atoms with Crippen molar-refractivity contribution in [2.24, 2.45) is 5.92 Å². The third-order valence-corrected chi connectivity index (χ3v) is 12.1. The van der Waals surface area contributed by atoms with Crippen LogP contribution in [0.1, 0.15) is 68.4 Å². The molecule has 4 fully saturated rings. The van der Waals surface area contributed by atoms with E-state index < -0.39 is 5.41 Å². The third kappa shape index (κ3) is 5.44. The van der Waals surface area contributed by atoms with E-state index in [4.69, 9.17) is 4.74 Å². The van der Waals surface area contributed by atoms with Crippen molar-refractivity contribution < 1.29 is 14.3 Å². The largest absolute Gasteiger partial charge is 0.378 e. The van der Waals surface area contributed by atoms with Gasteiger partial charge in [-0.05, 0) is 102 Å². The first kappa shape index (κ1) is 29.1. The highest BCUT2D eigenvalue weighted by molar-refractivity contribution is 7.19. The Kier molecular flexibility index (Phi) is 7.89. The van der Waals surface area contributed by atoms with Gasteiger partial charge in [-0.1, -0.05) is 23.8 Å². The summed E-state index contributed by atoms with van der Waals surface area (Å²) in [5.41, 5.74) is 4.49. The van der Waals surface area contributed by atoms with E-state index in [-0.39, 0.29) is 5.92 Å². The molecular formula is C35H46N4O3S. The van der Waals surface area contributed by atoms with E-state index >= 15 is 0 Å². The Bertz CT molecular complexity index is 1470. The lowest BCUT2D eigenvalue weighted by molar-refractivity contribution is -0.141. The molecule has 4 aliphatic heterocycles. The highest BCUT2D eigenvalue weighted by Crippen LogP contribution is 2.44. The quantitative estimate of drug-likeness (QED) is 0.374. The van der Waals surface area contributed by atoms with Crippen molar-refractivity contribution in [3.05, 3.63) is 46.3 Å². The first-order chi connectivity index (χ1) is 20.8. The normalized spacial score (nSPS) is 23.5. The van der Waals surface area contributed by atoms with Crippen LogP contribution < -0.4 is 0 Å². The minimum absolute atomic E-state index is 0.140. The zero-order valence-corrected chi connectivity index (χ0v) is 26.8. The maximum Gasteiger partial charge on any atom is 0.233 e. The predicted octanol–water partition coefficient (Wildman–Crippen LogP) is 5.75. The molecule has 2 amide bonds. The summed E-state index contributed by atoms with van der Waals surface area (Å²) in [5.74, 6) is 0.763. The number of morpholine rings is 1. The molecule has 0 atom stereocenters. The number of fused-ring (bicyclic) bond motifs is 3. The SMILES string of the molecule is Cc1cccc(-c2[nH]c3sc(C(C)(C)C(=O)N4C5CCC4CC5)cc3c2CCN2CCC(C(=O)N3CCOCC3)CC2)c1. The number of aromatic amines is 1. The fraction of sp³-hybridized carbons (Fsp3) is 0.600. The van der Waals surface area contributed by atoms with Crippen molar-refractivity contribution in [1.82, 2.24) is 19.7 Å². The van der Waals surface area contributed by atoms with E-state index in [2.05, 4.69) is 65.9 Å². The molecule has 1 aromatic carbocycles. The fourth-order valence-corrected chi connectivity index (χ4v) is 9.22. The maximum atomic E-state index is 13.9. The van der Waals surface area contributed by atoms with Crippen LogP contribution in [0.2, 0.25) is 0 Å². The molecule has 7 rings (SSSR count).